The zero-order valence-electron chi connectivity index (χ0n) is 14.4. The highest BCUT2D eigenvalue weighted by Gasteiger charge is 2.14. The summed E-state index contributed by atoms with van der Waals surface area (Å²) in [5, 5.41) is 2.98. The number of carbonyl (C=O) groups is 1. The zero-order valence-corrected chi connectivity index (χ0v) is 14.4. The molecule has 5 heteroatoms. The zero-order chi connectivity index (χ0) is 17.4. The van der Waals surface area contributed by atoms with Gasteiger partial charge in [-0.25, -0.2) is 0 Å². The van der Waals surface area contributed by atoms with E-state index in [1.54, 1.807) is 20.4 Å². The summed E-state index contributed by atoms with van der Waals surface area (Å²) >= 11 is 0. The van der Waals surface area contributed by atoms with Gasteiger partial charge in [0.25, 0.3) is 0 Å². The summed E-state index contributed by atoms with van der Waals surface area (Å²) in [5.74, 6) is 1.31. The number of pyridine rings is 1. The maximum atomic E-state index is 12.2. The highest BCUT2D eigenvalue weighted by molar-refractivity contribution is 5.78. The second-order valence-electron chi connectivity index (χ2n) is 5.70. The van der Waals surface area contributed by atoms with Crippen LogP contribution in [-0.4, -0.2) is 31.7 Å². The summed E-state index contributed by atoms with van der Waals surface area (Å²) in [4.78, 5) is 16.3. The van der Waals surface area contributed by atoms with Crippen LogP contribution in [0.2, 0.25) is 0 Å². The van der Waals surface area contributed by atoms with E-state index in [4.69, 9.17) is 9.47 Å². The molecule has 0 radical (unpaired) electrons. The normalized spacial score (nSPS) is 11.6. The van der Waals surface area contributed by atoms with Crippen molar-refractivity contribution in [2.24, 2.45) is 5.92 Å². The molecule has 0 spiro atoms. The van der Waals surface area contributed by atoms with Gasteiger partial charge in [0.1, 0.15) is 0 Å². The van der Waals surface area contributed by atoms with Crippen LogP contribution < -0.4 is 14.8 Å². The van der Waals surface area contributed by atoms with E-state index in [2.05, 4.69) is 10.3 Å². The molecule has 1 aromatic carbocycles. The monoisotopic (exact) mass is 328 g/mol. The SMILES string of the molecule is COc1ccc(CC(C)C(=O)NCCc2cccnc2)cc1OC. The lowest BCUT2D eigenvalue weighted by molar-refractivity contribution is -0.124. The maximum absolute atomic E-state index is 12.2. The van der Waals surface area contributed by atoms with Crippen LogP contribution in [0, 0.1) is 5.92 Å². The first kappa shape index (κ1) is 17.8. The van der Waals surface area contributed by atoms with Crippen LogP contribution in [0.25, 0.3) is 0 Å². The number of hydrogen-bond acceptors (Lipinski definition) is 4. The van der Waals surface area contributed by atoms with Gasteiger partial charge in [0.2, 0.25) is 5.91 Å². The standard InChI is InChI=1S/C19H24N2O3/c1-14(11-16-6-7-17(23-2)18(12-16)24-3)19(22)21-10-8-15-5-4-9-20-13-15/h4-7,9,12-14H,8,10-11H2,1-3H3,(H,21,22). The van der Waals surface area contributed by atoms with Crippen LogP contribution in [0.15, 0.2) is 42.7 Å². The molecule has 0 aliphatic carbocycles. The summed E-state index contributed by atoms with van der Waals surface area (Å²) in [6.45, 7) is 2.54. The lowest BCUT2D eigenvalue weighted by Gasteiger charge is -2.14. The third-order valence-corrected chi connectivity index (χ3v) is 3.87. The summed E-state index contributed by atoms with van der Waals surface area (Å²) < 4.78 is 10.5. The molecule has 1 heterocycles. The number of methoxy groups -OCH3 is 2. The Morgan fingerprint density at radius 2 is 1.96 bits per heavy atom. The molecular weight excluding hydrogens is 304 g/mol. The fraction of sp³-hybridized carbons (Fsp3) is 0.368. The Hall–Kier alpha value is -2.56. The van der Waals surface area contributed by atoms with E-state index in [0.717, 1.165) is 17.5 Å². The van der Waals surface area contributed by atoms with E-state index in [0.29, 0.717) is 24.5 Å². The van der Waals surface area contributed by atoms with Gasteiger partial charge < -0.3 is 14.8 Å². The van der Waals surface area contributed by atoms with E-state index in [1.165, 1.54) is 0 Å². The number of rotatable bonds is 8. The molecule has 0 aliphatic heterocycles. The minimum Gasteiger partial charge on any atom is -0.493 e. The van der Waals surface area contributed by atoms with E-state index >= 15 is 0 Å². The molecule has 2 rings (SSSR count). The molecule has 1 N–H and O–H groups in total. The molecule has 1 amide bonds. The second kappa shape index (κ2) is 8.91. The van der Waals surface area contributed by atoms with Gasteiger partial charge in [-0.05, 0) is 42.2 Å². The van der Waals surface area contributed by atoms with Gasteiger partial charge in [0.05, 0.1) is 14.2 Å². The molecule has 128 valence electrons. The van der Waals surface area contributed by atoms with Crippen molar-refractivity contribution in [3.8, 4) is 11.5 Å². The van der Waals surface area contributed by atoms with Crippen molar-refractivity contribution < 1.29 is 14.3 Å². The molecule has 0 saturated carbocycles. The van der Waals surface area contributed by atoms with Crippen LogP contribution in [-0.2, 0) is 17.6 Å². The van der Waals surface area contributed by atoms with Crippen molar-refractivity contribution in [3.63, 3.8) is 0 Å². The van der Waals surface area contributed by atoms with E-state index < -0.39 is 0 Å². The summed E-state index contributed by atoms with van der Waals surface area (Å²) in [7, 11) is 3.21. The largest absolute Gasteiger partial charge is 0.493 e. The van der Waals surface area contributed by atoms with Crippen LogP contribution in [0.1, 0.15) is 18.1 Å². The van der Waals surface area contributed by atoms with Gasteiger partial charge in [0.15, 0.2) is 11.5 Å². The van der Waals surface area contributed by atoms with Crippen LogP contribution in [0.5, 0.6) is 11.5 Å². The molecule has 0 bridgehead atoms. The van der Waals surface area contributed by atoms with Crippen molar-refractivity contribution >= 4 is 5.91 Å². The fourth-order valence-corrected chi connectivity index (χ4v) is 2.50. The molecule has 1 atom stereocenters. The van der Waals surface area contributed by atoms with Gasteiger partial charge >= 0.3 is 0 Å². The Morgan fingerprint density at radius 1 is 1.17 bits per heavy atom. The number of hydrogen-bond donors (Lipinski definition) is 1. The van der Waals surface area contributed by atoms with Crippen molar-refractivity contribution in [1.29, 1.82) is 0 Å². The van der Waals surface area contributed by atoms with Gasteiger partial charge in [0, 0.05) is 24.9 Å². The molecule has 1 unspecified atom stereocenters. The average Bonchev–Trinajstić information content (AvgIpc) is 2.62. The Kier molecular flexibility index (Phi) is 6.61. The van der Waals surface area contributed by atoms with Crippen molar-refractivity contribution in [1.82, 2.24) is 10.3 Å². The molecule has 0 saturated heterocycles. The topological polar surface area (TPSA) is 60.5 Å². The number of benzene rings is 1. The first-order valence-electron chi connectivity index (χ1n) is 8.01. The van der Waals surface area contributed by atoms with Crippen molar-refractivity contribution in [2.75, 3.05) is 20.8 Å². The molecule has 0 aliphatic rings. The molecule has 2 aromatic rings. The van der Waals surface area contributed by atoms with E-state index in [9.17, 15) is 4.79 Å². The first-order valence-corrected chi connectivity index (χ1v) is 8.01. The molecule has 24 heavy (non-hydrogen) atoms. The smallest absolute Gasteiger partial charge is 0.223 e. The predicted octanol–water partition coefficient (Wildman–Crippen LogP) is 2.64. The molecule has 1 aromatic heterocycles. The lowest BCUT2D eigenvalue weighted by atomic mass is 10.00. The predicted molar refractivity (Wildman–Crippen MR) is 93.4 cm³/mol. The maximum Gasteiger partial charge on any atom is 0.223 e. The van der Waals surface area contributed by atoms with Crippen LogP contribution in [0.4, 0.5) is 0 Å². The van der Waals surface area contributed by atoms with E-state index in [-0.39, 0.29) is 11.8 Å². The highest BCUT2D eigenvalue weighted by atomic mass is 16.5. The number of nitrogens with one attached hydrogen (secondary N) is 1. The van der Waals surface area contributed by atoms with Gasteiger partial charge in [-0.1, -0.05) is 19.1 Å². The Morgan fingerprint density at radius 3 is 2.62 bits per heavy atom. The molecular formula is C19H24N2O3. The Bertz CT molecular complexity index is 659. The second-order valence-corrected chi connectivity index (χ2v) is 5.70. The summed E-state index contributed by atoms with van der Waals surface area (Å²) in [6, 6.07) is 9.64. The number of carbonyl (C=O) groups excluding carboxylic acids is 1. The van der Waals surface area contributed by atoms with Gasteiger partial charge in [-0.2, -0.15) is 0 Å². The lowest BCUT2D eigenvalue weighted by Crippen LogP contribution is -2.31. The number of nitrogens with zero attached hydrogens (tertiary/aromatic N) is 1. The average molecular weight is 328 g/mol. The van der Waals surface area contributed by atoms with Gasteiger partial charge in [-0.15, -0.1) is 0 Å². The molecule has 0 fully saturated rings. The van der Waals surface area contributed by atoms with E-state index in [1.807, 2.05) is 43.5 Å². The molecule has 5 nitrogen and oxygen atoms in total. The van der Waals surface area contributed by atoms with Crippen LogP contribution in [0.3, 0.4) is 0 Å². The van der Waals surface area contributed by atoms with Crippen molar-refractivity contribution in [2.45, 2.75) is 19.8 Å². The Labute approximate surface area is 143 Å². The number of ether oxygens (including phenoxy) is 2. The minimum atomic E-state index is -0.114. The number of aromatic nitrogens is 1. The van der Waals surface area contributed by atoms with Crippen molar-refractivity contribution in [3.05, 3.63) is 53.9 Å². The highest BCUT2D eigenvalue weighted by Crippen LogP contribution is 2.28. The summed E-state index contributed by atoms with van der Waals surface area (Å²) in [6.07, 6.45) is 4.99. The Balaban J connectivity index is 1.85. The third kappa shape index (κ3) is 4.98. The first-order chi connectivity index (χ1) is 11.6. The quantitative estimate of drug-likeness (QED) is 0.809. The van der Waals surface area contributed by atoms with Crippen LogP contribution >= 0.6 is 0 Å². The number of amides is 1. The summed E-state index contributed by atoms with van der Waals surface area (Å²) in [5.41, 5.74) is 2.16. The minimum absolute atomic E-state index is 0.0497. The third-order valence-electron chi connectivity index (χ3n) is 3.87. The van der Waals surface area contributed by atoms with Gasteiger partial charge in [-0.3, -0.25) is 9.78 Å². The fourth-order valence-electron chi connectivity index (χ4n) is 2.50.